The maximum atomic E-state index is 12.6. The summed E-state index contributed by atoms with van der Waals surface area (Å²) in [6.07, 6.45) is 3.44. The lowest BCUT2D eigenvalue weighted by Crippen LogP contribution is -2.42. The van der Waals surface area contributed by atoms with Crippen molar-refractivity contribution in [2.45, 2.75) is 32.9 Å². The van der Waals surface area contributed by atoms with Crippen molar-refractivity contribution in [3.8, 4) is 11.6 Å². The van der Waals surface area contributed by atoms with Gasteiger partial charge in [0.2, 0.25) is 0 Å². The fourth-order valence-corrected chi connectivity index (χ4v) is 2.45. The monoisotopic (exact) mass is 373 g/mol. The molecule has 0 saturated carbocycles. The van der Waals surface area contributed by atoms with Crippen molar-refractivity contribution in [1.29, 1.82) is 0 Å². The number of para-hydroxylation sites is 1. The summed E-state index contributed by atoms with van der Waals surface area (Å²) in [5.74, 6) is 0.313. The zero-order valence-corrected chi connectivity index (χ0v) is 15.6. The first-order valence-corrected chi connectivity index (χ1v) is 8.61. The third-order valence-corrected chi connectivity index (χ3v) is 4.02. The van der Waals surface area contributed by atoms with Gasteiger partial charge in [-0.25, -0.2) is 4.68 Å². The Labute approximate surface area is 156 Å². The van der Waals surface area contributed by atoms with Gasteiger partial charge in [0, 0.05) is 18.8 Å². The highest BCUT2D eigenvalue weighted by atomic mass is 35.5. The number of aromatic nitrogens is 4. The standard InChI is InChI=1S/C18H20ClN5O2/c1-4-23-11-10-15(21-23)20-17(25)18(2,3)26-16-14(19)12-24(22-16)13-8-6-5-7-9-13/h5-12H,4H2,1-3H3,(H,20,21,25). The molecule has 0 aliphatic heterocycles. The van der Waals surface area contributed by atoms with Crippen LogP contribution in [0.3, 0.4) is 0 Å². The summed E-state index contributed by atoms with van der Waals surface area (Å²) in [5.41, 5.74) is -0.341. The van der Waals surface area contributed by atoms with Gasteiger partial charge in [0.15, 0.2) is 11.4 Å². The zero-order valence-electron chi connectivity index (χ0n) is 14.8. The molecule has 136 valence electrons. The van der Waals surface area contributed by atoms with Crippen molar-refractivity contribution >= 4 is 23.3 Å². The normalized spacial score (nSPS) is 11.4. The van der Waals surface area contributed by atoms with Crippen LogP contribution in [0.15, 0.2) is 48.8 Å². The Balaban J connectivity index is 1.74. The first-order valence-electron chi connectivity index (χ1n) is 8.23. The summed E-state index contributed by atoms with van der Waals surface area (Å²) in [6.45, 7) is 5.99. The summed E-state index contributed by atoms with van der Waals surface area (Å²) in [5, 5.41) is 11.6. The molecule has 0 bridgehead atoms. The number of hydrogen-bond donors (Lipinski definition) is 1. The molecule has 2 heterocycles. The Kier molecular flexibility index (Phi) is 4.99. The van der Waals surface area contributed by atoms with Gasteiger partial charge in [-0.2, -0.15) is 5.10 Å². The van der Waals surface area contributed by atoms with E-state index in [0.29, 0.717) is 10.8 Å². The highest BCUT2D eigenvalue weighted by molar-refractivity contribution is 6.31. The molecule has 2 aromatic heterocycles. The molecule has 8 heteroatoms. The third-order valence-electron chi connectivity index (χ3n) is 3.76. The molecule has 0 atom stereocenters. The maximum absolute atomic E-state index is 12.6. The minimum absolute atomic E-state index is 0.190. The van der Waals surface area contributed by atoms with Gasteiger partial charge < -0.3 is 10.1 Å². The molecule has 1 aromatic carbocycles. The number of benzene rings is 1. The van der Waals surface area contributed by atoms with Gasteiger partial charge in [0.1, 0.15) is 5.02 Å². The van der Waals surface area contributed by atoms with Crippen molar-refractivity contribution in [2.24, 2.45) is 0 Å². The molecule has 0 spiro atoms. The highest BCUT2D eigenvalue weighted by Gasteiger charge is 2.32. The predicted molar refractivity (Wildman–Crippen MR) is 99.8 cm³/mol. The largest absolute Gasteiger partial charge is 0.459 e. The molecular formula is C18H20ClN5O2. The molecule has 3 aromatic rings. The summed E-state index contributed by atoms with van der Waals surface area (Å²) < 4.78 is 9.12. The van der Waals surface area contributed by atoms with Crippen LogP contribution in [0.4, 0.5) is 5.82 Å². The van der Waals surface area contributed by atoms with Gasteiger partial charge in [0.25, 0.3) is 11.8 Å². The quantitative estimate of drug-likeness (QED) is 0.717. The molecule has 1 N–H and O–H groups in total. The number of carbonyl (C=O) groups is 1. The second kappa shape index (κ2) is 7.21. The Hall–Kier alpha value is -2.80. The smallest absolute Gasteiger partial charge is 0.269 e. The number of amides is 1. The van der Waals surface area contributed by atoms with Crippen molar-refractivity contribution in [3.63, 3.8) is 0 Å². The van der Waals surface area contributed by atoms with E-state index in [1.54, 1.807) is 41.7 Å². The number of ether oxygens (including phenoxy) is 1. The zero-order chi connectivity index (χ0) is 18.7. The Morgan fingerprint density at radius 2 is 1.96 bits per heavy atom. The molecule has 0 unspecified atom stereocenters. The van der Waals surface area contributed by atoms with E-state index in [-0.39, 0.29) is 11.8 Å². The fourth-order valence-electron chi connectivity index (χ4n) is 2.28. The Bertz CT molecular complexity index is 901. The number of hydrogen-bond acceptors (Lipinski definition) is 4. The molecule has 0 radical (unpaired) electrons. The first kappa shape index (κ1) is 18.0. The van der Waals surface area contributed by atoms with Crippen LogP contribution in [0.1, 0.15) is 20.8 Å². The number of nitrogens with one attached hydrogen (secondary N) is 1. The van der Waals surface area contributed by atoms with Gasteiger partial charge in [-0.3, -0.25) is 9.48 Å². The van der Waals surface area contributed by atoms with E-state index >= 15 is 0 Å². The SMILES string of the molecule is CCn1ccc(NC(=O)C(C)(C)Oc2nn(-c3ccccc3)cc2Cl)n1. The van der Waals surface area contributed by atoms with Crippen LogP contribution in [-0.2, 0) is 11.3 Å². The number of halogens is 1. The van der Waals surface area contributed by atoms with Crippen LogP contribution in [0.5, 0.6) is 5.88 Å². The molecule has 0 saturated heterocycles. The van der Waals surface area contributed by atoms with Gasteiger partial charge in [-0.15, -0.1) is 5.10 Å². The van der Waals surface area contributed by atoms with Crippen LogP contribution in [0.25, 0.3) is 5.69 Å². The van der Waals surface area contributed by atoms with E-state index in [1.165, 1.54) is 0 Å². The van der Waals surface area contributed by atoms with Crippen molar-refractivity contribution in [3.05, 3.63) is 53.8 Å². The van der Waals surface area contributed by atoms with Crippen molar-refractivity contribution in [1.82, 2.24) is 19.6 Å². The molecular weight excluding hydrogens is 354 g/mol. The van der Waals surface area contributed by atoms with Crippen molar-refractivity contribution in [2.75, 3.05) is 5.32 Å². The third kappa shape index (κ3) is 3.88. The Morgan fingerprint density at radius 3 is 2.62 bits per heavy atom. The average Bonchev–Trinajstić information content (AvgIpc) is 3.22. The van der Waals surface area contributed by atoms with Gasteiger partial charge in [-0.1, -0.05) is 29.8 Å². The summed E-state index contributed by atoms with van der Waals surface area (Å²) in [7, 11) is 0. The van der Waals surface area contributed by atoms with E-state index in [0.717, 1.165) is 12.2 Å². The topological polar surface area (TPSA) is 74.0 Å². The number of aryl methyl sites for hydroxylation is 1. The number of anilines is 1. The molecule has 0 aliphatic rings. The average molecular weight is 374 g/mol. The second-order valence-corrected chi connectivity index (χ2v) is 6.59. The molecule has 0 aliphatic carbocycles. The van der Waals surface area contributed by atoms with Gasteiger partial charge >= 0.3 is 0 Å². The summed E-state index contributed by atoms with van der Waals surface area (Å²) in [6, 6.07) is 11.2. The number of nitrogens with zero attached hydrogens (tertiary/aromatic N) is 4. The van der Waals surface area contributed by atoms with Gasteiger partial charge in [0.05, 0.1) is 11.9 Å². The predicted octanol–water partition coefficient (Wildman–Crippen LogP) is 3.54. The van der Waals surface area contributed by atoms with Crippen LogP contribution in [0.2, 0.25) is 5.02 Å². The van der Waals surface area contributed by atoms with Crippen molar-refractivity contribution < 1.29 is 9.53 Å². The lowest BCUT2D eigenvalue weighted by molar-refractivity contribution is -0.128. The lowest BCUT2D eigenvalue weighted by Gasteiger charge is -2.23. The van der Waals surface area contributed by atoms with Gasteiger partial charge in [-0.05, 0) is 32.9 Å². The van der Waals surface area contributed by atoms with E-state index in [1.807, 2.05) is 37.3 Å². The van der Waals surface area contributed by atoms with Crippen LogP contribution in [-0.4, -0.2) is 31.1 Å². The lowest BCUT2D eigenvalue weighted by atomic mass is 10.1. The van der Waals surface area contributed by atoms with E-state index in [2.05, 4.69) is 15.5 Å². The maximum Gasteiger partial charge on any atom is 0.269 e. The first-order chi connectivity index (χ1) is 12.4. The summed E-state index contributed by atoms with van der Waals surface area (Å²) >= 11 is 6.23. The summed E-state index contributed by atoms with van der Waals surface area (Å²) in [4.78, 5) is 12.6. The molecule has 1 amide bonds. The molecule has 26 heavy (non-hydrogen) atoms. The van der Waals surface area contributed by atoms with Crippen LogP contribution >= 0.6 is 11.6 Å². The van der Waals surface area contributed by atoms with Crippen LogP contribution < -0.4 is 10.1 Å². The minimum Gasteiger partial charge on any atom is -0.459 e. The Morgan fingerprint density at radius 1 is 1.23 bits per heavy atom. The fraction of sp³-hybridized carbons (Fsp3) is 0.278. The molecule has 3 rings (SSSR count). The minimum atomic E-state index is -1.19. The number of carbonyl (C=O) groups excluding carboxylic acids is 1. The highest BCUT2D eigenvalue weighted by Crippen LogP contribution is 2.28. The second-order valence-electron chi connectivity index (χ2n) is 6.19. The van der Waals surface area contributed by atoms with E-state index < -0.39 is 5.60 Å². The molecule has 7 nitrogen and oxygen atoms in total. The van der Waals surface area contributed by atoms with E-state index in [4.69, 9.17) is 16.3 Å². The van der Waals surface area contributed by atoms with E-state index in [9.17, 15) is 4.79 Å². The molecule has 0 fully saturated rings. The van der Waals surface area contributed by atoms with Crippen LogP contribution in [0, 0.1) is 0 Å². The number of rotatable bonds is 6.